The van der Waals surface area contributed by atoms with Gasteiger partial charge in [0.05, 0.1) is 11.0 Å². The van der Waals surface area contributed by atoms with Gasteiger partial charge in [0, 0.05) is 62.3 Å². The summed E-state index contributed by atoms with van der Waals surface area (Å²) in [5.74, 6) is -1.83. The number of fused-ring (bicyclic) bond motifs is 2. The van der Waals surface area contributed by atoms with Crippen LogP contribution in [-0.4, -0.2) is 83.4 Å². The summed E-state index contributed by atoms with van der Waals surface area (Å²) in [6.07, 6.45) is 6.54. The van der Waals surface area contributed by atoms with Gasteiger partial charge in [-0.3, -0.25) is 9.59 Å². The largest absolute Gasteiger partial charge is 0.426 e. The summed E-state index contributed by atoms with van der Waals surface area (Å²) < 4.78 is 13.5. The predicted octanol–water partition coefficient (Wildman–Crippen LogP) is 3.60. The Morgan fingerprint density at radius 3 is 1.41 bits per heavy atom. The van der Waals surface area contributed by atoms with Crippen LogP contribution in [0.2, 0.25) is 0 Å². The van der Waals surface area contributed by atoms with Crippen molar-refractivity contribution >= 4 is 45.7 Å². The third-order valence-electron chi connectivity index (χ3n) is 7.52. The molecule has 0 saturated heterocycles. The molecule has 0 saturated carbocycles. The molecular formula is C34H40N4O8. The molecule has 46 heavy (non-hydrogen) atoms. The van der Waals surface area contributed by atoms with Crippen molar-refractivity contribution in [3.63, 3.8) is 0 Å². The van der Waals surface area contributed by atoms with Gasteiger partial charge in [-0.05, 0) is 75.4 Å². The van der Waals surface area contributed by atoms with Crippen LogP contribution in [-0.2, 0) is 32.0 Å². The van der Waals surface area contributed by atoms with E-state index in [1.54, 1.807) is 48.8 Å². The Hall–Kier alpha value is -4.94. The first-order valence-corrected chi connectivity index (χ1v) is 15.1. The van der Waals surface area contributed by atoms with Crippen LogP contribution in [0.5, 0.6) is 11.5 Å². The molecule has 0 unspecified atom stereocenters. The van der Waals surface area contributed by atoms with E-state index in [1.807, 2.05) is 14.1 Å². The number of carbonyl (C=O) groups excluding carboxylic acids is 4. The van der Waals surface area contributed by atoms with E-state index >= 15 is 0 Å². The zero-order valence-electron chi connectivity index (χ0n) is 27.1. The first-order valence-electron chi connectivity index (χ1n) is 15.1. The molecule has 4 aromatic rings. The topological polar surface area (TPSA) is 122 Å². The Labute approximate surface area is 267 Å². The van der Waals surface area contributed by atoms with Gasteiger partial charge in [-0.1, -0.05) is 26.0 Å². The van der Waals surface area contributed by atoms with E-state index in [4.69, 9.17) is 19.1 Å². The average Bonchev–Trinajstić information content (AvgIpc) is 3.55. The van der Waals surface area contributed by atoms with E-state index in [-0.39, 0.29) is 0 Å². The number of likely N-dealkylation sites (N-methyl/N-ethyl adjacent to an activating group) is 2. The van der Waals surface area contributed by atoms with Gasteiger partial charge < -0.3 is 28.9 Å². The normalized spacial score (nSPS) is 11.6. The zero-order valence-corrected chi connectivity index (χ0v) is 27.1. The minimum absolute atomic E-state index is 0.365. The number of nitrogens with zero attached hydrogens (tertiary/aromatic N) is 4. The monoisotopic (exact) mass is 632 g/mol. The van der Waals surface area contributed by atoms with Crippen LogP contribution < -0.4 is 19.1 Å². The lowest BCUT2D eigenvalue weighted by Gasteiger charge is -2.13. The van der Waals surface area contributed by atoms with Gasteiger partial charge in [0.15, 0.2) is 0 Å². The third-order valence-corrected chi connectivity index (χ3v) is 7.52. The molecule has 12 nitrogen and oxygen atoms in total. The molecule has 2 heterocycles. The number of aromatic nitrogens is 2. The molecule has 0 amide bonds. The Kier molecular flexibility index (Phi) is 11.3. The van der Waals surface area contributed by atoms with E-state index in [2.05, 4.69) is 23.6 Å². The van der Waals surface area contributed by atoms with E-state index in [0.717, 1.165) is 49.5 Å². The maximum Gasteiger partial charge on any atom is 0.356 e. The van der Waals surface area contributed by atoms with Crippen molar-refractivity contribution < 1.29 is 38.3 Å². The van der Waals surface area contributed by atoms with Gasteiger partial charge in [-0.2, -0.15) is 9.46 Å². The zero-order chi connectivity index (χ0) is 33.4. The third kappa shape index (κ3) is 8.40. The molecule has 0 aliphatic heterocycles. The molecule has 2 aromatic heterocycles. The Bertz CT molecular complexity index is 1640. The van der Waals surface area contributed by atoms with Gasteiger partial charge in [0.1, 0.15) is 11.5 Å². The standard InChI is InChI=1S/C34H40N4O8/c1-7-35(5)19-17-25-21-37(27-11-9-13-29(33(25)27)43-23(3)39)45-31(41)15-16-32(42)46-38-22-26(18-20-36(6)8-2)34-28(38)12-10-14-30(34)44-24(4)40/h9-16,21-22H,7-8,17-20H2,1-6H3/b16-15+. The lowest BCUT2D eigenvalue weighted by Crippen LogP contribution is -2.21. The minimum Gasteiger partial charge on any atom is -0.426 e. The molecule has 0 bridgehead atoms. The van der Waals surface area contributed by atoms with Gasteiger partial charge in [-0.15, -0.1) is 0 Å². The highest BCUT2D eigenvalue weighted by Gasteiger charge is 2.19. The number of esters is 2. The number of hydrogen-bond donors (Lipinski definition) is 0. The summed E-state index contributed by atoms with van der Waals surface area (Å²) in [6, 6.07) is 10.3. The molecule has 0 aliphatic carbocycles. The smallest absolute Gasteiger partial charge is 0.356 e. The van der Waals surface area contributed by atoms with E-state index in [0.29, 0.717) is 46.1 Å². The fraction of sp³-hybridized carbons (Fsp3) is 0.353. The van der Waals surface area contributed by atoms with E-state index < -0.39 is 23.9 Å². The maximum atomic E-state index is 12.8. The van der Waals surface area contributed by atoms with Crippen molar-refractivity contribution in [1.82, 2.24) is 19.3 Å². The molecule has 0 aliphatic rings. The van der Waals surface area contributed by atoms with E-state index in [1.165, 1.54) is 23.3 Å². The number of carbonyl (C=O) groups is 4. The molecule has 0 spiro atoms. The minimum atomic E-state index is -0.818. The number of hydrogen-bond acceptors (Lipinski definition) is 10. The number of benzene rings is 2. The number of ether oxygens (including phenoxy) is 2. The van der Waals surface area contributed by atoms with Gasteiger partial charge in [0.25, 0.3) is 0 Å². The molecule has 4 rings (SSSR count). The van der Waals surface area contributed by atoms with Crippen molar-refractivity contribution in [2.75, 3.05) is 40.3 Å². The molecule has 0 fully saturated rings. The fourth-order valence-corrected chi connectivity index (χ4v) is 4.94. The first-order chi connectivity index (χ1) is 22.0. The number of rotatable bonds is 14. The average molecular weight is 633 g/mol. The fourth-order valence-electron chi connectivity index (χ4n) is 4.94. The molecular weight excluding hydrogens is 592 g/mol. The second-order valence-corrected chi connectivity index (χ2v) is 10.9. The van der Waals surface area contributed by atoms with Crippen molar-refractivity contribution in [3.05, 3.63) is 72.1 Å². The highest BCUT2D eigenvalue weighted by molar-refractivity contribution is 5.95. The molecule has 0 atom stereocenters. The van der Waals surface area contributed by atoms with Crippen LogP contribution in [0, 0.1) is 0 Å². The van der Waals surface area contributed by atoms with Crippen molar-refractivity contribution in [2.45, 2.75) is 40.5 Å². The Balaban J connectivity index is 1.55. The summed E-state index contributed by atoms with van der Waals surface area (Å²) in [4.78, 5) is 64.6. The summed E-state index contributed by atoms with van der Waals surface area (Å²) in [6.45, 7) is 9.93. The SMILES string of the molecule is CCN(C)CCc1cn(OC(=O)/C=C/C(=O)On2cc(CCN(C)CC)c3c(OC(C)=O)cccc32)c2cccc(OC(C)=O)c12. The highest BCUT2D eigenvalue weighted by Crippen LogP contribution is 2.32. The highest BCUT2D eigenvalue weighted by atomic mass is 16.7. The van der Waals surface area contributed by atoms with Crippen LogP contribution in [0.3, 0.4) is 0 Å². The van der Waals surface area contributed by atoms with Crippen LogP contribution in [0.4, 0.5) is 0 Å². The molecule has 12 heteroatoms. The van der Waals surface area contributed by atoms with Crippen LogP contribution >= 0.6 is 0 Å². The second-order valence-electron chi connectivity index (χ2n) is 10.9. The summed E-state index contributed by atoms with van der Waals surface area (Å²) >= 11 is 0. The van der Waals surface area contributed by atoms with Crippen molar-refractivity contribution in [2.24, 2.45) is 0 Å². The summed E-state index contributed by atoms with van der Waals surface area (Å²) in [5, 5.41) is 1.32. The Morgan fingerprint density at radius 1 is 0.674 bits per heavy atom. The van der Waals surface area contributed by atoms with Gasteiger partial charge in [-0.25, -0.2) is 9.59 Å². The molecule has 0 N–H and O–H groups in total. The summed E-state index contributed by atoms with van der Waals surface area (Å²) in [7, 11) is 3.99. The quantitative estimate of drug-likeness (QED) is 0.116. The first kappa shape index (κ1) is 33.9. The molecule has 0 radical (unpaired) electrons. The van der Waals surface area contributed by atoms with Crippen LogP contribution in [0.25, 0.3) is 21.8 Å². The van der Waals surface area contributed by atoms with Crippen LogP contribution in [0.1, 0.15) is 38.8 Å². The second kappa shape index (κ2) is 15.4. The lowest BCUT2D eigenvalue weighted by molar-refractivity contribution is -0.140. The van der Waals surface area contributed by atoms with Gasteiger partial charge >= 0.3 is 23.9 Å². The van der Waals surface area contributed by atoms with Crippen molar-refractivity contribution in [1.29, 1.82) is 0 Å². The van der Waals surface area contributed by atoms with Gasteiger partial charge in [0.2, 0.25) is 0 Å². The molecule has 244 valence electrons. The Morgan fingerprint density at radius 2 is 1.07 bits per heavy atom. The lowest BCUT2D eigenvalue weighted by atomic mass is 10.1. The predicted molar refractivity (Wildman–Crippen MR) is 173 cm³/mol. The molecule has 2 aromatic carbocycles. The summed E-state index contributed by atoms with van der Waals surface area (Å²) in [5.41, 5.74) is 2.72. The maximum absolute atomic E-state index is 12.8. The van der Waals surface area contributed by atoms with E-state index in [9.17, 15) is 19.2 Å². The van der Waals surface area contributed by atoms with Crippen molar-refractivity contribution in [3.8, 4) is 11.5 Å². The van der Waals surface area contributed by atoms with Crippen LogP contribution in [0.15, 0.2) is 60.9 Å².